The van der Waals surface area contributed by atoms with Crippen LogP contribution in [0.3, 0.4) is 0 Å². The molecule has 0 aliphatic heterocycles. The molecule has 1 unspecified atom stereocenters. The number of amides is 2. The molecule has 2 amide bonds. The minimum Gasteiger partial charge on any atom is -0.431 e. The number of ether oxygens (including phenoxy) is 1. The van der Waals surface area contributed by atoms with Gasteiger partial charge in [-0.3, -0.25) is 4.79 Å². The minimum atomic E-state index is -1.01. The highest BCUT2D eigenvalue weighted by Gasteiger charge is 2.26. The van der Waals surface area contributed by atoms with E-state index in [9.17, 15) is 9.59 Å². The third-order valence-corrected chi connectivity index (χ3v) is 2.72. The molecule has 5 nitrogen and oxygen atoms in total. The largest absolute Gasteiger partial charge is 0.431 e. The van der Waals surface area contributed by atoms with E-state index in [4.69, 9.17) is 16.3 Å². The number of hydrogen-bond donors (Lipinski definition) is 2. The van der Waals surface area contributed by atoms with Crippen molar-refractivity contribution in [1.82, 2.24) is 10.6 Å². The summed E-state index contributed by atoms with van der Waals surface area (Å²) in [4.78, 5) is 24.0. The number of benzene rings is 1. The maximum Gasteiger partial charge on any atom is 0.408 e. The van der Waals surface area contributed by atoms with Crippen LogP contribution < -0.4 is 10.6 Å². The number of carbonyl (C=O) groups is 2. The number of halogens is 1. The number of rotatable bonds is 4. The molecule has 1 aromatic carbocycles. The summed E-state index contributed by atoms with van der Waals surface area (Å²) >= 11 is 5.83. The van der Waals surface area contributed by atoms with E-state index in [-0.39, 0.29) is 5.91 Å². The molecular weight excluding hydrogens is 292 g/mol. The molecule has 0 bridgehead atoms. The van der Waals surface area contributed by atoms with Crippen molar-refractivity contribution in [1.29, 1.82) is 0 Å². The van der Waals surface area contributed by atoms with Gasteiger partial charge < -0.3 is 15.4 Å². The van der Waals surface area contributed by atoms with Crippen LogP contribution in [-0.2, 0) is 9.53 Å². The number of nitrogens with one attached hydrogen (secondary N) is 2. The first-order valence-electron chi connectivity index (χ1n) is 6.75. The fourth-order valence-corrected chi connectivity index (χ4v) is 1.75. The Bertz CT molecular complexity index is 495. The molecule has 116 valence electrons. The molecule has 6 heteroatoms. The van der Waals surface area contributed by atoms with Crippen molar-refractivity contribution in [2.24, 2.45) is 0 Å². The van der Waals surface area contributed by atoms with Crippen molar-refractivity contribution in [3.8, 4) is 0 Å². The molecule has 21 heavy (non-hydrogen) atoms. The Morgan fingerprint density at radius 1 is 1.24 bits per heavy atom. The van der Waals surface area contributed by atoms with Gasteiger partial charge in [-0.05, 0) is 39.8 Å². The molecule has 0 aliphatic rings. The van der Waals surface area contributed by atoms with Gasteiger partial charge in [-0.1, -0.05) is 23.7 Å². The van der Waals surface area contributed by atoms with Gasteiger partial charge in [0.2, 0.25) is 6.10 Å². The van der Waals surface area contributed by atoms with Crippen LogP contribution in [0.4, 0.5) is 4.79 Å². The summed E-state index contributed by atoms with van der Waals surface area (Å²) in [7, 11) is 0. The molecule has 0 spiro atoms. The van der Waals surface area contributed by atoms with E-state index in [1.54, 1.807) is 31.2 Å². The van der Waals surface area contributed by atoms with E-state index in [0.29, 0.717) is 17.1 Å². The molecule has 1 aromatic rings. The predicted molar refractivity (Wildman–Crippen MR) is 82.2 cm³/mol. The third-order valence-electron chi connectivity index (χ3n) is 2.46. The van der Waals surface area contributed by atoms with Gasteiger partial charge in [0.05, 0.1) is 0 Å². The molecular formula is C15H21ClN2O3. The highest BCUT2D eigenvalue weighted by atomic mass is 35.5. The topological polar surface area (TPSA) is 67.4 Å². The zero-order chi connectivity index (χ0) is 16.0. The van der Waals surface area contributed by atoms with Crippen molar-refractivity contribution < 1.29 is 14.3 Å². The van der Waals surface area contributed by atoms with E-state index in [1.807, 2.05) is 20.8 Å². The molecule has 0 radical (unpaired) electrons. The van der Waals surface area contributed by atoms with Crippen molar-refractivity contribution in [3.63, 3.8) is 0 Å². The van der Waals surface area contributed by atoms with Gasteiger partial charge in [-0.15, -0.1) is 0 Å². The van der Waals surface area contributed by atoms with E-state index in [2.05, 4.69) is 10.6 Å². The molecule has 0 saturated carbocycles. The smallest absolute Gasteiger partial charge is 0.408 e. The van der Waals surface area contributed by atoms with Crippen LogP contribution >= 0.6 is 11.6 Å². The summed E-state index contributed by atoms with van der Waals surface area (Å²) in [6.07, 6.45) is -1.65. The second kappa shape index (κ2) is 7.31. The summed E-state index contributed by atoms with van der Waals surface area (Å²) in [5.41, 5.74) is 0.123. The Hall–Kier alpha value is -1.75. The van der Waals surface area contributed by atoms with Gasteiger partial charge in [0.1, 0.15) is 0 Å². The van der Waals surface area contributed by atoms with Gasteiger partial charge in [-0.2, -0.15) is 0 Å². The second-order valence-corrected chi connectivity index (χ2v) is 6.04. The lowest BCUT2D eigenvalue weighted by Crippen LogP contribution is -2.43. The Kier molecular flexibility index (Phi) is 6.03. The first kappa shape index (κ1) is 17.3. The molecule has 0 heterocycles. The summed E-state index contributed by atoms with van der Waals surface area (Å²) in [6.45, 7) is 7.74. The Morgan fingerprint density at radius 2 is 1.81 bits per heavy atom. The van der Waals surface area contributed by atoms with Gasteiger partial charge in [0, 0.05) is 22.7 Å². The van der Waals surface area contributed by atoms with E-state index >= 15 is 0 Å². The highest BCUT2D eigenvalue weighted by molar-refractivity contribution is 6.30. The normalized spacial score (nSPS) is 12.4. The lowest BCUT2D eigenvalue weighted by Gasteiger charge is -2.23. The molecule has 2 N–H and O–H groups in total. The fourth-order valence-electron chi connectivity index (χ4n) is 1.62. The standard InChI is InChI=1S/C15H21ClN2O3/c1-5-17-13(19)12(10-6-8-11(16)9-7-10)21-14(20)18-15(2,3)4/h6-9,12H,5H2,1-4H3,(H,17,19)(H,18,20). The zero-order valence-electron chi connectivity index (χ0n) is 12.7. The maximum atomic E-state index is 12.1. The summed E-state index contributed by atoms with van der Waals surface area (Å²) in [5, 5.41) is 5.86. The molecule has 1 atom stereocenters. The molecule has 0 saturated heterocycles. The van der Waals surface area contributed by atoms with Crippen LogP contribution in [0.1, 0.15) is 39.4 Å². The van der Waals surface area contributed by atoms with Gasteiger partial charge in [0.15, 0.2) is 0 Å². The first-order valence-corrected chi connectivity index (χ1v) is 7.12. The quantitative estimate of drug-likeness (QED) is 0.898. The first-order chi connectivity index (χ1) is 9.73. The number of carbonyl (C=O) groups excluding carboxylic acids is 2. The number of likely N-dealkylation sites (N-methyl/N-ethyl adjacent to an activating group) is 1. The lowest BCUT2D eigenvalue weighted by molar-refractivity contribution is -0.129. The minimum absolute atomic E-state index is 0.371. The van der Waals surface area contributed by atoms with Gasteiger partial charge in [0.25, 0.3) is 5.91 Å². The summed E-state index contributed by atoms with van der Waals surface area (Å²) in [6, 6.07) is 6.61. The molecule has 0 aromatic heterocycles. The average Bonchev–Trinajstić information content (AvgIpc) is 2.35. The van der Waals surface area contributed by atoms with Crippen molar-refractivity contribution in [2.75, 3.05) is 6.54 Å². The summed E-state index contributed by atoms with van der Waals surface area (Å²) in [5.74, 6) is -0.371. The van der Waals surface area contributed by atoms with Crippen LogP contribution in [0.15, 0.2) is 24.3 Å². The fraction of sp³-hybridized carbons (Fsp3) is 0.467. The lowest BCUT2D eigenvalue weighted by atomic mass is 10.1. The Balaban J connectivity index is 2.90. The number of alkyl carbamates (subject to hydrolysis) is 1. The second-order valence-electron chi connectivity index (χ2n) is 5.61. The highest BCUT2D eigenvalue weighted by Crippen LogP contribution is 2.20. The van der Waals surface area contributed by atoms with Crippen LogP contribution in [0.5, 0.6) is 0 Å². The van der Waals surface area contributed by atoms with E-state index in [0.717, 1.165) is 0 Å². The van der Waals surface area contributed by atoms with Gasteiger partial charge >= 0.3 is 6.09 Å². The SMILES string of the molecule is CCNC(=O)C(OC(=O)NC(C)(C)C)c1ccc(Cl)cc1. The van der Waals surface area contributed by atoms with E-state index < -0.39 is 17.7 Å². The van der Waals surface area contributed by atoms with Crippen LogP contribution in [0.25, 0.3) is 0 Å². The van der Waals surface area contributed by atoms with Crippen LogP contribution in [-0.4, -0.2) is 24.1 Å². The molecule has 0 aliphatic carbocycles. The number of hydrogen-bond acceptors (Lipinski definition) is 3. The van der Waals surface area contributed by atoms with Crippen molar-refractivity contribution >= 4 is 23.6 Å². The maximum absolute atomic E-state index is 12.1. The zero-order valence-corrected chi connectivity index (χ0v) is 13.5. The summed E-state index contributed by atoms with van der Waals surface area (Å²) < 4.78 is 5.26. The molecule has 0 fully saturated rings. The van der Waals surface area contributed by atoms with Crippen molar-refractivity contribution in [2.45, 2.75) is 39.3 Å². The van der Waals surface area contributed by atoms with E-state index in [1.165, 1.54) is 0 Å². The monoisotopic (exact) mass is 312 g/mol. The predicted octanol–water partition coefficient (Wildman–Crippen LogP) is 3.04. The molecule has 1 rings (SSSR count). The van der Waals surface area contributed by atoms with Gasteiger partial charge in [-0.25, -0.2) is 4.79 Å². The van der Waals surface area contributed by atoms with Crippen LogP contribution in [0.2, 0.25) is 5.02 Å². The average molecular weight is 313 g/mol. The Morgan fingerprint density at radius 3 is 2.29 bits per heavy atom. The Labute approximate surface area is 130 Å². The van der Waals surface area contributed by atoms with Crippen molar-refractivity contribution in [3.05, 3.63) is 34.9 Å². The van der Waals surface area contributed by atoms with Crippen LogP contribution in [0, 0.1) is 0 Å². The third kappa shape index (κ3) is 6.04.